The Hall–Kier alpha value is -2.12. The molecule has 0 radical (unpaired) electrons. The lowest BCUT2D eigenvalue weighted by atomic mass is 9.97. The summed E-state index contributed by atoms with van der Waals surface area (Å²) in [6, 6.07) is 10.8. The van der Waals surface area contributed by atoms with Crippen molar-refractivity contribution in [2.75, 3.05) is 13.1 Å². The quantitative estimate of drug-likeness (QED) is 0.685. The Bertz CT molecular complexity index is 822. The Morgan fingerprint density at radius 1 is 1.19 bits per heavy atom. The fraction of sp³-hybridized carbons (Fsp3) is 0.421. The molecule has 1 saturated heterocycles. The smallest absolute Gasteiger partial charge is 0.174 e. The van der Waals surface area contributed by atoms with Gasteiger partial charge in [0.1, 0.15) is 11.9 Å². The Morgan fingerprint density at radius 2 is 1.96 bits per heavy atom. The zero-order chi connectivity index (χ0) is 17.9. The van der Waals surface area contributed by atoms with Crippen LogP contribution in [0.3, 0.4) is 0 Å². The lowest BCUT2D eigenvalue weighted by molar-refractivity contribution is 0.152. The van der Waals surface area contributed by atoms with Crippen LogP contribution in [0.5, 0.6) is 0 Å². The normalized spacial score (nSPS) is 17.5. The van der Waals surface area contributed by atoms with Crippen LogP contribution in [0.4, 0.5) is 4.39 Å². The number of hydrogen-bond acceptors (Lipinski definition) is 5. The lowest BCUT2D eigenvalue weighted by Crippen LogP contribution is -2.37. The third kappa shape index (κ3) is 3.68. The van der Waals surface area contributed by atoms with Crippen molar-refractivity contribution in [1.29, 1.82) is 0 Å². The van der Waals surface area contributed by atoms with Gasteiger partial charge in [0.2, 0.25) is 0 Å². The van der Waals surface area contributed by atoms with Gasteiger partial charge in [-0.15, -0.1) is 16.4 Å². The van der Waals surface area contributed by atoms with E-state index in [-0.39, 0.29) is 11.9 Å². The number of tetrazole rings is 1. The molecule has 0 bridgehead atoms. The van der Waals surface area contributed by atoms with Gasteiger partial charge in [-0.3, -0.25) is 4.90 Å². The van der Waals surface area contributed by atoms with Crippen LogP contribution < -0.4 is 0 Å². The zero-order valence-corrected chi connectivity index (χ0v) is 15.6. The Morgan fingerprint density at radius 3 is 2.65 bits per heavy atom. The number of likely N-dealkylation sites (tertiary alicyclic amines) is 1. The third-order valence-electron chi connectivity index (χ3n) is 5.05. The topological polar surface area (TPSA) is 46.8 Å². The first kappa shape index (κ1) is 17.3. The zero-order valence-electron chi connectivity index (χ0n) is 14.8. The monoisotopic (exact) mass is 371 g/mol. The minimum atomic E-state index is -0.232. The molecule has 0 N–H and O–H groups in total. The Balaban J connectivity index is 1.64. The molecule has 1 fully saturated rings. The summed E-state index contributed by atoms with van der Waals surface area (Å²) in [6.45, 7) is 4.95. The van der Waals surface area contributed by atoms with Crippen molar-refractivity contribution in [3.63, 3.8) is 0 Å². The van der Waals surface area contributed by atoms with E-state index in [2.05, 4.69) is 44.9 Å². The molecule has 0 amide bonds. The molecule has 1 aliphatic rings. The summed E-state index contributed by atoms with van der Waals surface area (Å²) in [5, 5.41) is 14.6. The molecule has 1 atom stereocenters. The standard InChI is InChI=1S/C19H22FN5S/c1-14-8-10-24(11-9-14)18(17-3-2-12-26-17)19-21-22-23-25(19)13-15-4-6-16(20)7-5-15/h2-7,12,14,18H,8-11,13H2,1H3. The second kappa shape index (κ2) is 7.63. The van der Waals surface area contributed by atoms with Crippen molar-refractivity contribution in [3.05, 3.63) is 63.9 Å². The predicted octanol–water partition coefficient (Wildman–Crippen LogP) is 3.74. The van der Waals surface area contributed by atoms with Gasteiger partial charge in [-0.1, -0.05) is 25.1 Å². The van der Waals surface area contributed by atoms with Crippen molar-refractivity contribution in [2.24, 2.45) is 5.92 Å². The summed E-state index contributed by atoms with van der Waals surface area (Å²) in [6.07, 6.45) is 2.39. The maximum absolute atomic E-state index is 13.2. The highest BCUT2D eigenvalue weighted by atomic mass is 32.1. The van der Waals surface area contributed by atoms with Crippen LogP contribution in [-0.2, 0) is 6.54 Å². The summed E-state index contributed by atoms with van der Waals surface area (Å²) in [4.78, 5) is 3.74. The Kier molecular flexibility index (Phi) is 5.08. The molecule has 1 aromatic carbocycles. The van der Waals surface area contributed by atoms with E-state index < -0.39 is 0 Å². The van der Waals surface area contributed by atoms with E-state index in [9.17, 15) is 4.39 Å². The minimum absolute atomic E-state index is 0.0675. The molecular weight excluding hydrogens is 349 g/mol. The summed E-state index contributed by atoms with van der Waals surface area (Å²) in [7, 11) is 0. The van der Waals surface area contributed by atoms with Gasteiger partial charge in [-0.25, -0.2) is 9.07 Å². The number of nitrogens with zero attached hydrogens (tertiary/aromatic N) is 5. The fourth-order valence-corrected chi connectivity index (χ4v) is 4.34. The molecule has 2 aromatic heterocycles. The van der Waals surface area contributed by atoms with Crippen molar-refractivity contribution >= 4 is 11.3 Å². The number of thiophene rings is 1. The van der Waals surface area contributed by atoms with Gasteiger partial charge >= 0.3 is 0 Å². The van der Waals surface area contributed by atoms with Crippen LogP contribution in [0.2, 0.25) is 0 Å². The molecule has 0 aliphatic carbocycles. The van der Waals surface area contributed by atoms with Crippen LogP contribution in [0.25, 0.3) is 0 Å². The van der Waals surface area contributed by atoms with Crippen LogP contribution in [0.1, 0.15) is 42.1 Å². The highest BCUT2D eigenvalue weighted by Gasteiger charge is 2.30. The van der Waals surface area contributed by atoms with Gasteiger partial charge < -0.3 is 0 Å². The van der Waals surface area contributed by atoms with Gasteiger partial charge in [-0.2, -0.15) is 0 Å². The van der Waals surface area contributed by atoms with Gasteiger partial charge in [0.15, 0.2) is 5.82 Å². The number of aromatic nitrogens is 4. The molecule has 4 rings (SSSR count). The number of piperidine rings is 1. The van der Waals surface area contributed by atoms with Gasteiger partial charge in [-0.05, 0) is 71.4 Å². The maximum atomic E-state index is 13.2. The first-order valence-electron chi connectivity index (χ1n) is 8.98. The molecule has 3 aromatic rings. The van der Waals surface area contributed by atoms with Crippen LogP contribution in [0.15, 0.2) is 41.8 Å². The predicted molar refractivity (Wildman–Crippen MR) is 99.5 cm³/mol. The number of rotatable bonds is 5. The molecule has 1 aliphatic heterocycles. The number of hydrogen-bond donors (Lipinski definition) is 0. The first-order chi connectivity index (χ1) is 12.7. The average Bonchev–Trinajstić information content (AvgIpc) is 3.32. The lowest BCUT2D eigenvalue weighted by Gasteiger charge is -2.35. The summed E-state index contributed by atoms with van der Waals surface area (Å²) < 4.78 is 15.0. The minimum Gasteiger partial charge on any atom is -0.289 e. The van der Waals surface area contributed by atoms with Gasteiger partial charge in [0, 0.05) is 4.88 Å². The molecule has 136 valence electrons. The van der Waals surface area contributed by atoms with E-state index in [1.54, 1.807) is 23.5 Å². The van der Waals surface area contributed by atoms with Crippen molar-refractivity contribution in [2.45, 2.75) is 32.4 Å². The van der Waals surface area contributed by atoms with Crippen LogP contribution in [-0.4, -0.2) is 38.2 Å². The van der Waals surface area contributed by atoms with E-state index >= 15 is 0 Å². The van der Waals surface area contributed by atoms with Crippen molar-refractivity contribution < 1.29 is 4.39 Å². The average molecular weight is 371 g/mol. The summed E-state index contributed by atoms with van der Waals surface area (Å²) in [5.41, 5.74) is 0.983. The summed E-state index contributed by atoms with van der Waals surface area (Å²) in [5.74, 6) is 1.39. The molecule has 0 spiro atoms. The summed E-state index contributed by atoms with van der Waals surface area (Å²) >= 11 is 1.74. The SMILES string of the molecule is CC1CCN(C(c2cccs2)c2nnnn2Cc2ccc(F)cc2)CC1. The van der Waals surface area contributed by atoms with Gasteiger partial charge in [0.25, 0.3) is 0 Å². The fourth-order valence-electron chi connectivity index (χ4n) is 3.49. The Labute approximate surface area is 156 Å². The largest absolute Gasteiger partial charge is 0.289 e. The highest BCUT2D eigenvalue weighted by molar-refractivity contribution is 7.10. The van der Waals surface area contributed by atoms with E-state index in [0.717, 1.165) is 30.4 Å². The molecular formula is C19H22FN5S. The van der Waals surface area contributed by atoms with E-state index in [0.29, 0.717) is 6.54 Å². The molecule has 1 unspecified atom stereocenters. The number of benzene rings is 1. The van der Waals surface area contributed by atoms with Gasteiger partial charge in [0.05, 0.1) is 6.54 Å². The van der Waals surface area contributed by atoms with E-state index in [1.807, 2.05) is 4.68 Å². The van der Waals surface area contributed by atoms with E-state index in [1.165, 1.54) is 29.9 Å². The molecule has 7 heteroatoms. The van der Waals surface area contributed by atoms with E-state index in [4.69, 9.17) is 0 Å². The second-order valence-electron chi connectivity index (χ2n) is 6.96. The molecule has 0 saturated carbocycles. The maximum Gasteiger partial charge on any atom is 0.174 e. The molecule has 5 nitrogen and oxygen atoms in total. The molecule has 3 heterocycles. The highest BCUT2D eigenvalue weighted by Crippen LogP contribution is 2.33. The third-order valence-corrected chi connectivity index (χ3v) is 5.97. The first-order valence-corrected chi connectivity index (χ1v) is 9.86. The number of halogens is 1. The van der Waals surface area contributed by atoms with Crippen LogP contribution in [0, 0.1) is 11.7 Å². The van der Waals surface area contributed by atoms with Crippen LogP contribution >= 0.6 is 11.3 Å². The van der Waals surface area contributed by atoms with Crippen molar-refractivity contribution in [1.82, 2.24) is 25.1 Å². The molecule has 26 heavy (non-hydrogen) atoms. The van der Waals surface area contributed by atoms with Crippen molar-refractivity contribution in [3.8, 4) is 0 Å². The second-order valence-corrected chi connectivity index (χ2v) is 7.94.